The number of sulfone groups is 1. The maximum Gasteiger partial charge on any atom is 0.339 e. The van der Waals surface area contributed by atoms with Gasteiger partial charge in [-0.05, 0) is 17.7 Å². The van der Waals surface area contributed by atoms with E-state index in [1.165, 1.54) is 14.2 Å². The Balaban J connectivity index is 2.54. The quantitative estimate of drug-likeness (QED) is 0.785. The van der Waals surface area contributed by atoms with Crippen LogP contribution >= 0.6 is 0 Å². The van der Waals surface area contributed by atoms with Crippen LogP contribution in [0, 0.1) is 0 Å². The van der Waals surface area contributed by atoms with Crippen LogP contribution in [0.3, 0.4) is 0 Å². The maximum absolute atomic E-state index is 11.6. The molecule has 19 heavy (non-hydrogen) atoms. The van der Waals surface area contributed by atoms with Crippen LogP contribution in [0.4, 0.5) is 0 Å². The van der Waals surface area contributed by atoms with E-state index in [2.05, 4.69) is 4.74 Å². The van der Waals surface area contributed by atoms with Gasteiger partial charge in [-0.2, -0.15) is 0 Å². The summed E-state index contributed by atoms with van der Waals surface area (Å²) < 4.78 is 32.9. The van der Waals surface area contributed by atoms with Crippen LogP contribution in [0.15, 0.2) is 40.7 Å². The van der Waals surface area contributed by atoms with E-state index in [-0.39, 0.29) is 5.57 Å². The summed E-state index contributed by atoms with van der Waals surface area (Å²) >= 11 is 0. The standard InChI is InChI=1S/C13H12O5S/c1-17-10-5-3-4-9(6-10)11-7-19(15,16)8-12(11)13(14)18-2/h3-8H,1-2H3. The molecule has 0 radical (unpaired) electrons. The molecular weight excluding hydrogens is 268 g/mol. The smallest absolute Gasteiger partial charge is 0.339 e. The third-order valence-electron chi connectivity index (χ3n) is 2.64. The monoisotopic (exact) mass is 280 g/mol. The molecular formula is C13H12O5S. The van der Waals surface area contributed by atoms with Crippen LogP contribution in [0.25, 0.3) is 5.57 Å². The van der Waals surface area contributed by atoms with Crippen LogP contribution in [-0.4, -0.2) is 28.6 Å². The fourth-order valence-corrected chi connectivity index (χ4v) is 2.98. The van der Waals surface area contributed by atoms with E-state index in [1.807, 2.05) is 0 Å². The number of esters is 1. The summed E-state index contributed by atoms with van der Waals surface area (Å²) in [7, 11) is -0.818. The zero-order chi connectivity index (χ0) is 14.0. The number of rotatable bonds is 3. The number of hydrogen-bond donors (Lipinski definition) is 0. The Labute approximate surface area is 111 Å². The summed E-state index contributed by atoms with van der Waals surface area (Å²) in [5, 5.41) is 1.96. The lowest BCUT2D eigenvalue weighted by atomic mass is 10.0. The highest BCUT2D eigenvalue weighted by Crippen LogP contribution is 2.33. The third kappa shape index (κ3) is 2.68. The van der Waals surface area contributed by atoms with Crippen molar-refractivity contribution in [3.05, 3.63) is 46.2 Å². The third-order valence-corrected chi connectivity index (χ3v) is 3.77. The minimum absolute atomic E-state index is 0.0238. The van der Waals surface area contributed by atoms with Crippen LogP contribution in [0.1, 0.15) is 5.56 Å². The molecule has 1 heterocycles. The molecule has 0 spiro atoms. The highest BCUT2D eigenvalue weighted by Gasteiger charge is 2.27. The van der Waals surface area contributed by atoms with Gasteiger partial charge in [0, 0.05) is 11.0 Å². The number of benzene rings is 1. The highest BCUT2D eigenvalue weighted by molar-refractivity contribution is 7.97. The van der Waals surface area contributed by atoms with E-state index in [1.54, 1.807) is 24.3 Å². The zero-order valence-electron chi connectivity index (χ0n) is 10.4. The number of ether oxygens (including phenoxy) is 2. The molecule has 1 aliphatic heterocycles. The van der Waals surface area contributed by atoms with E-state index in [4.69, 9.17) is 4.74 Å². The molecule has 0 aliphatic carbocycles. The van der Waals surface area contributed by atoms with Gasteiger partial charge in [-0.3, -0.25) is 0 Å². The Bertz CT molecular complexity index is 683. The summed E-state index contributed by atoms with van der Waals surface area (Å²) in [6.45, 7) is 0. The molecule has 0 atom stereocenters. The minimum Gasteiger partial charge on any atom is -0.497 e. The molecule has 1 aliphatic rings. The second-order valence-corrected chi connectivity index (χ2v) is 5.53. The molecule has 0 unspecified atom stereocenters. The molecule has 0 saturated heterocycles. The van der Waals surface area contributed by atoms with Gasteiger partial charge in [0.2, 0.25) is 0 Å². The van der Waals surface area contributed by atoms with Gasteiger partial charge in [0.25, 0.3) is 0 Å². The van der Waals surface area contributed by atoms with Crippen molar-refractivity contribution in [2.24, 2.45) is 0 Å². The zero-order valence-corrected chi connectivity index (χ0v) is 11.2. The lowest BCUT2D eigenvalue weighted by Gasteiger charge is -2.07. The van der Waals surface area contributed by atoms with E-state index in [9.17, 15) is 13.2 Å². The summed E-state index contributed by atoms with van der Waals surface area (Å²) in [4.78, 5) is 11.6. The molecule has 6 heteroatoms. The van der Waals surface area contributed by atoms with Crippen molar-refractivity contribution in [3.63, 3.8) is 0 Å². The van der Waals surface area contributed by atoms with Gasteiger partial charge < -0.3 is 9.47 Å². The second kappa shape index (κ2) is 4.89. The maximum atomic E-state index is 11.6. The molecule has 5 nitrogen and oxygen atoms in total. The summed E-state index contributed by atoms with van der Waals surface area (Å²) in [6, 6.07) is 6.80. The second-order valence-electron chi connectivity index (χ2n) is 3.88. The Kier molecular flexibility index (Phi) is 3.44. The van der Waals surface area contributed by atoms with Crippen molar-refractivity contribution >= 4 is 21.4 Å². The average Bonchev–Trinajstić information content (AvgIpc) is 2.74. The first-order valence-electron chi connectivity index (χ1n) is 5.38. The molecule has 1 aromatic rings. The first kappa shape index (κ1) is 13.4. The number of methoxy groups -OCH3 is 2. The number of carbonyl (C=O) groups is 1. The fraction of sp³-hybridized carbons (Fsp3) is 0.154. The predicted octanol–water partition coefficient (Wildman–Crippen LogP) is 1.52. The van der Waals surface area contributed by atoms with Crippen molar-refractivity contribution in [2.45, 2.75) is 0 Å². The Morgan fingerprint density at radius 3 is 2.53 bits per heavy atom. The van der Waals surface area contributed by atoms with Gasteiger partial charge in [0.1, 0.15) is 5.75 Å². The molecule has 0 amide bonds. The molecule has 2 rings (SSSR count). The molecule has 100 valence electrons. The van der Waals surface area contributed by atoms with Crippen molar-refractivity contribution in [1.82, 2.24) is 0 Å². The number of carbonyl (C=O) groups excluding carboxylic acids is 1. The largest absolute Gasteiger partial charge is 0.497 e. The fourth-order valence-electron chi connectivity index (χ4n) is 1.77. The molecule has 0 bridgehead atoms. The SMILES string of the molecule is COC(=O)C1=CS(=O)(=O)C=C1c1cccc(OC)c1. The van der Waals surface area contributed by atoms with Gasteiger partial charge >= 0.3 is 5.97 Å². The van der Waals surface area contributed by atoms with Gasteiger partial charge in [-0.15, -0.1) is 0 Å². The Hall–Kier alpha value is -2.08. The van der Waals surface area contributed by atoms with E-state index >= 15 is 0 Å². The normalized spacial score (nSPS) is 16.5. The van der Waals surface area contributed by atoms with E-state index in [0.717, 1.165) is 10.8 Å². The Morgan fingerprint density at radius 1 is 1.16 bits per heavy atom. The first-order valence-corrected chi connectivity index (χ1v) is 6.99. The highest BCUT2D eigenvalue weighted by atomic mass is 32.2. The van der Waals surface area contributed by atoms with Gasteiger partial charge in [-0.1, -0.05) is 12.1 Å². The van der Waals surface area contributed by atoms with E-state index in [0.29, 0.717) is 16.9 Å². The first-order chi connectivity index (χ1) is 8.96. The number of hydrogen-bond acceptors (Lipinski definition) is 5. The van der Waals surface area contributed by atoms with Crippen LogP contribution in [0.5, 0.6) is 5.75 Å². The van der Waals surface area contributed by atoms with Crippen LogP contribution in [0.2, 0.25) is 0 Å². The Morgan fingerprint density at radius 2 is 1.89 bits per heavy atom. The van der Waals surface area contributed by atoms with Crippen molar-refractivity contribution in [2.75, 3.05) is 14.2 Å². The van der Waals surface area contributed by atoms with Gasteiger partial charge in [0.05, 0.1) is 25.2 Å². The average molecular weight is 280 g/mol. The van der Waals surface area contributed by atoms with Crippen molar-refractivity contribution in [1.29, 1.82) is 0 Å². The lowest BCUT2D eigenvalue weighted by molar-refractivity contribution is -0.135. The summed E-state index contributed by atoms with van der Waals surface area (Å²) in [5.41, 5.74) is 0.915. The molecule has 0 N–H and O–H groups in total. The summed E-state index contributed by atoms with van der Waals surface area (Å²) in [5.74, 6) is -0.109. The molecule has 0 aromatic heterocycles. The van der Waals surface area contributed by atoms with Crippen molar-refractivity contribution in [3.8, 4) is 5.75 Å². The van der Waals surface area contributed by atoms with Gasteiger partial charge in [-0.25, -0.2) is 13.2 Å². The van der Waals surface area contributed by atoms with Gasteiger partial charge in [0.15, 0.2) is 9.84 Å². The van der Waals surface area contributed by atoms with Crippen molar-refractivity contribution < 1.29 is 22.7 Å². The minimum atomic E-state index is -3.53. The van der Waals surface area contributed by atoms with Crippen LogP contribution in [-0.2, 0) is 19.4 Å². The lowest BCUT2D eigenvalue weighted by Crippen LogP contribution is -2.05. The summed E-state index contributed by atoms with van der Waals surface area (Å²) in [6.07, 6.45) is 0. The molecule has 1 aromatic carbocycles. The molecule has 0 saturated carbocycles. The predicted molar refractivity (Wildman–Crippen MR) is 70.0 cm³/mol. The molecule has 0 fully saturated rings. The van der Waals surface area contributed by atoms with E-state index < -0.39 is 15.8 Å². The van der Waals surface area contributed by atoms with Crippen LogP contribution < -0.4 is 4.74 Å². The topological polar surface area (TPSA) is 69.7 Å².